The number of aromatic nitrogens is 1. The summed E-state index contributed by atoms with van der Waals surface area (Å²) in [5.74, 6) is -1.10. The molecule has 0 saturated heterocycles. The van der Waals surface area contributed by atoms with Gasteiger partial charge in [-0.1, -0.05) is 47.5 Å². The van der Waals surface area contributed by atoms with Crippen LogP contribution < -0.4 is 16.0 Å². The molecule has 0 aliphatic carbocycles. The van der Waals surface area contributed by atoms with Crippen molar-refractivity contribution in [3.63, 3.8) is 0 Å². The molecule has 192 valence electrons. The number of rotatable bonds is 9. The number of nitrogens with zero attached hydrogens (tertiary/aromatic N) is 1. The molecule has 0 fully saturated rings. The van der Waals surface area contributed by atoms with Crippen molar-refractivity contribution in [3.05, 3.63) is 87.0 Å². The molecule has 0 unspecified atom stereocenters. The molecule has 4 N–H and O–H groups in total. The number of fused-ring (bicyclic) bond motifs is 1. The smallest absolute Gasteiger partial charge is 0.326 e. The summed E-state index contributed by atoms with van der Waals surface area (Å²) in [6.45, 7) is 0.912. The monoisotopic (exact) mass is 540 g/mol. The van der Waals surface area contributed by atoms with E-state index in [0.29, 0.717) is 17.7 Å². The third kappa shape index (κ3) is 6.99. The number of aliphatic carboxylic acids is 1. The van der Waals surface area contributed by atoms with Crippen LogP contribution in [0.5, 0.6) is 0 Å². The van der Waals surface area contributed by atoms with Gasteiger partial charge in [-0.3, -0.25) is 9.59 Å². The van der Waals surface area contributed by atoms with Gasteiger partial charge in [-0.2, -0.15) is 0 Å². The summed E-state index contributed by atoms with van der Waals surface area (Å²) in [4.78, 5) is 41.4. The zero-order chi connectivity index (χ0) is 26.4. The van der Waals surface area contributed by atoms with Crippen LogP contribution in [0.15, 0.2) is 54.6 Å². The molecule has 2 aromatic carbocycles. The molecule has 2 heterocycles. The van der Waals surface area contributed by atoms with Crippen LogP contribution in [0.4, 0.5) is 11.5 Å². The number of aryl methyl sites for hydroxylation is 2. The Balaban J connectivity index is 1.31. The predicted octanol–water partition coefficient (Wildman–Crippen LogP) is 4.74. The third-order valence-electron chi connectivity index (χ3n) is 6.03. The average Bonchev–Trinajstić information content (AvgIpc) is 2.88. The standard InChI is InChI=1S/C27H26Cl2N4O4/c28-20-4-1-5-21(29)24(20)26(35)33-22(27(36)37)15-16-6-9-18(10-7-16)31-23(34)13-12-19-11-8-17-3-2-14-30-25(17)32-19/h1,4-11,22H,2-3,12-15H2,(H,30,32)(H,31,34)(H,33,35)(H,36,37)/t22-/m0/s1. The summed E-state index contributed by atoms with van der Waals surface area (Å²) in [6.07, 6.45) is 2.95. The molecule has 8 nitrogen and oxygen atoms in total. The summed E-state index contributed by atoms with van der Waals surface area (Å²) in [7, 11) is 0. The lowest BCUT2D eigenvalue weighted by atomic mass is 10.0. The van der Waals surface area contributed by atoms with Gasteiger partial charge in [0, 0.05) is 30.8 Å². The van der Waals surface area contributed by atoms with E-state index in [1.807, 2.05) is 6.07 Å². The van der Waals surface area contributed by atoms with Gasteiger partial charge in [-0.05, 0) is 60.7 Å². The van der Waals surface area contributed by atoms with Crippen molar-refractivity contribution in [2.45, 2.75) is 38.1 Å². The highest BCUT2D eigenvalue weighted by Crippen LogP contribution is 2.24. The first-order chi connectivity index (χ1) is 17.8. The minimum Gasteiger partial charge on any atom is -0.480 e. The van der Waals surface area contributed by atoms with Gasteiger partial charge in [0.25, 0.3) is 5.91 Å². The Morgan fingerprint density at radius 1 is 1.03 bits per heavy atom. The molecular formula is C27H26Cl2N4O4. The van der Waals surface area contributed by atoms with Crippen LogP contribution >= 0.6 is 23.2 Å². The molecule has 10 heteroatoms. The molecule has 1 atom stereocenters. The van der Waals surface area contributed by atoms with Gasteiger partial charge in [0.2, 0.25) is 5.91 Å². The van der Waals surface area contributed by atoms with Crippen molar-refractivity contribution in [2.75, 3.05) is 17.2 Å². The number of carbonyl (C=O) groups is 3. The molecule has 2 amide bonds. The molecule has 1 aliphatic rings. The fourth-order valence-electron chi connectivity index (χ4n) is 4.08. The van der Waals surface area contributed by atoms with E-state index >= 15 is 0 Å². The van der Waals surface area contributed by atoms with E-state index < -0.39 is 17.9 Å². The lowest BCUT2D eigenvalue weighted by molar-refractivity contribution is -0.139. The third-order valence-corrected chi connectivity index (χ3v) is 6.66. The van der Waals surface area contributed by atoms with Crippen LogP contribution in [0.2, 0.25) is 10.0 Å². The Kier molecular flexibility index (Phi) is 8.63. The maximum atomic E-state index is 12.6. The van der Waals surface area contributed by atoms with Gasteiger partial charge in [-0.25, -0.2) is 9.78 Å². The molecule has 0 saturated carbocycles. The maximum absolute atomic E-state index is 12.6. The highest BCUT2D eigenvalue weighted by atomic mass is 35.5. The van der Waals surface area contributed by atoms with Gasteiger partial charge >= 0.3 is 5.97 Å². The Morgan fingerprint density at radius 2 is 1.76 bits per heavy atom. The first-order valence-corrected chi connectivity index (χ1v) is 12.6. The molecule has 1 aromatic heterocycles. The predicted molar refractivity (Wildman–Crippen MR) is 143 cm³/mol. The number of benzene rings is 2. The van der Waals surface area contributed by atoms with E-state index in [-0.39, 0.29) is 34.4 Å². The van der Waals surface area contributed by atoms with E-state index in [1.165, 1.54) is 17.7 Å². The molecular weight excluding hydrogens is 515 g/mol. The van der Waals surface area contributed by atoms with Gasteiger partial charge in [-0.15, -0.1) is 0 Å². The molecule has 4 rings (SSSR count). The summed E-state index contributed by atoms with van der Waals surface area (Å²) in [6, 6.07) is 14.2. The molecule has 3 aromatic rings. The number of anilines is 2. The lowest BCUT2D eigenvalue weighted by Crippen LogP contribution is -2.42. The van der Waals surface area contributed by atoms with E-state index in [0.717, 1.165) is 30.9 Å². The molecule has 0 radical (unpaired) electrons. The normalized spacial score (nSPS) is 13.1. The summed E-state index contributed by atoms with van der Waals surface area (Å²) in [5.41, 5.74) is 3.35. The minimum absolute atomic E-state index is 0.0250. The van der Waals surface area contributed by atoms with E-state index in [9.17, 15) is 19.5 Å². The van der Waals surface area contributed by atoms with Crippen molar-refractivity contribution in [3.8, 4) is 0 Å². The number of carboxylic acid groups (broad SMARTS) is 1. The van der Waals surface area contributed by atoms with Gasteiger partial charge < -0.3 is 21.1 Å². The van der Waals surface area contributed by atoms with Crippen LogP contribution in [0.25, 0.3) is 0 Å². The molecule has 1 aliphatic heterocycles. The quantitative estimate of drug-likeness (QED) is 0.311. The zero-order valence-electron chi connectivity index (χ0n) is 19.9. The Morgan fingerprint density at radius 3 is 2.46 bits per heavy atom. The van der Waals surface area contributed by atoms with Crippen LogP contribution in [0.1, 0.15) is 40.0 Å². The number of halogens is 2. The largest absolute Gasteiger partial charge is 0.480 e. The van der Waals surface area contributed by atoms with E-state index in [2.05, 4.69) is 27.0 Å². The Labute approximate surface area is 224 Å². The molecule has 0 bridgehead atoms. The van der Waals surface area contributed by atoms with Crippen LogP contribution in [-0.4, -0.2) is 40.5 Å². The number of amides is 2. The topological polar surface area (TPSA) is 120 Å². The Hall–Kier alpha value is -3.62. The van der Waals surface area contributed by atoms with Crippen molar-refractivity contribution in [2.24, 2.45) is 0 Å². The van der Waals surface area contributed by atoms with Gasteiger partial charge in [0.05, 0.1) is 15.6 Å². The van der Waals surface area contributed by atoms with Crippen LogP contribution in [0, 0.1) is 0 Å². The first-order valence-electron chi connectivity index (χ1n) is 11.9. The SMILES string of the molecule is O=C(CCc1ccc2c(n1)NCCC2)Nc1ccc(C[C@H](NC(=O)c2c(Cl)cccc2Cl)C(=O)O)cc1. The zero-order valence-corrected chi connectivity index (χ0v) is 21.4. The van der Waals surface area contributed by atoms with E-state index in [1.54, 1.807) is 30.3 Å². The van der Waals surface area contributed by atoms with Crippen molar-refractivity contribution in [1.82, 2.24) is 10.3 Å². The second-order valence-electron chi connectivity index (χ2n) is 8.75. The Bertz CT molecular complexity index is 1290. The van der Waals surface area contributed by atoms with Crippen molar-refractivity contribution < 1.29 is 19.5 Å². The summed E-state index contributed by atoms with van der Waals surface area (Å²) < 4.78 is 0. The number of nitrogens with one attached hydrogen (secondary N) is 3. The van der Waals surface area contributed by atoms with Gasteiger partial charge in [0.1, 0.15) is 11.9 Å². The average molecular weight is 541 g/mol. The second kappa shape index (κ2) is 12.1. The summed E-state index contributed by atoms with van der Waals surface area (Å²) in [5, 5.41) is 18.5. The number of hydrogen-bond acceptors (Lipinski definition) is 5. The van der Waals surface area contributed by atoms with Crippen LogP contribution in [0.3, 0.4) is 0 Å². The number of carbonyl (C=O) groups excluding carboxylic acids is 2. The number of carboxylic acids is 1. The summed E-state index contributed by atoms with van der Waals surface area (Å²) >= 11 is 12.1. The fraction of sp³-hybridized carbons (Fsp3) is 0.259. The van der Waals surface area contributed by atoms with Crippen LogP contribution in [-0.2, 0) is 28.9 Å². The number of pyridine rings is 1. The number of hydrogen-bond donors (Lipinski definition) is 4. The lowest BCUT2D eigenvalue weighted by Gasteiger charge is -2.17. The highest BCUT2D eigenvalue weighted by Gasteiger charge is 2.24. The molecule has 37 heavy (non-hydrogen) atoms. The molecule has 0 spiro atoms. The van der Waals surface area contributed by atoms with Crippen molar-refractivity contribution >= 4 is 52.5 Å². The maximum Gasteiger partial charge on any atom is 0.326 e. The second-order valence-corrected chi connectivity index (χ2v) is 9.57. The van der Waals surface area contributed by atoms with Gasteiger partial charge in [0.15, 0.2) is 0 Å². The van der Waals surface area contributed by atoms with E-state index in [4.69, 9.17) is 23.2 Å². The fourth-order valence-corrected chi connectivity index (χ4v) is 4.65. The van der Waals surface area contributed by atoms with Crippen molar-refractivity contribution in [1.29, 1.82) is 0 Å². The minimum atomic E-state index is -1.20. The first kappa shape index (κ1) is 26.4. The highest BCUT2D eigenvalue weighted by molar-refractivity contribution is 6.39.